The highest BCUT2D eigenvalue weighted by atomic mass is 16.5. The van der Waals surface area contributed by atoms with E-state index in [9.17, 15) is 14.4 Å². The van der Waals surface area contributed by atoms with Gasteiger partial charge in [-0.25, -0.2) is 0 Å². The highest BCUT2D eigenvalue weighted by molar-refractivity contribution is 6.05. The molecule has 5 rings (SSSR count). The summed E-state index contributed by atoms with van der Waals surface area (Å²) in [5.74, 6) is 0.0541. The lowest BCUT2D eigenvalue weighted by Crippen LogP contribution is -2.52. The van der Waals surface area contributed by atoms with Gasteiger partial charge in [-0.05, 0) is 59.2 Å². The Morgan fingerprint density at radius 3 is 2.53 bits per heavy atom. The second-order valence-electron chi connectivity index (χ2n) is 10.1. The van der Waals surface area contributed by atoms with E-state index in [1.54, 1.807) is 4.90 Å². The molecule has 30 heavy (non-hydrogen) atoms. The number of benzene rings is 1. The fourth-order valence-electron chi connectivity index (χ4n) is 5.50. The lowest BCUT2D eigenvalue weighted by Gasteiger charge is -2.44. The van der Waals surface area contributed by atoms with E-state index in [1.165, 1.54) is 5.56 Å². The predicted molar refractivity (Wildman–Crippen MR) is 110 cm³/mol. The van der Waals surface area contributed by atoms with Crippen molar-refractivity contribution in [3.05, 3.63) is 28.8 Å². The zero-order chi connectivity index (χ0) is 21.3. The van der Waals surface area contributed by atoms with Crippen LogP contribution in [0, 0.1) is 0 Å². The molecule has 4 heterocycles. The molecular weight excluding hydrogens is 382 g/mol. The molecular formula is C23H29N3O4. The van der Waals surface area contributed by atoms with Crippen LogP contribution >= 0.6 is 0 Å². The lowest BCUT2D eigenvalue weighted by atomic mass is 9.73. The number of rotatable bonds is 1. The third-order valence-corrected chi connectivity index (χ3v) is 7.40. The molecule has 7 heteroatoms. The van der Waals surface area contributed by atoms with Crippen LogP contribution in [0.1, 0.15) is 67.9 Å². The van der Waals surface area contributed by atoms with E-state index < -0.39 is 6.04 Å². The molecule has 0 aliphatic carbocycles. The Labute approximate surface area is 176 Å². The van der Waals surface area contributed by atoms with Gasteiger partial charge in [0.2, 0.25) is 11.8 Å². The van der Waals surface area contributed by atoms with Crippen LogP contribution in [-0.4, -0.2) is 58.8 Å². The Morgan fingerprint density at radius 1 is 1.13 bits per heavy atom. The molecule has 2 fully saturated rings. The monoisotopic (exact) mass is 411 g/mol. The van der Waals surface area contributed by atoms with E-state index in [2.05, 4.69) is 37.1 Å². The summed E-state index contributed by atoms with van der Waals surface area (Å²) in [6, 6.07) is 3.39. The van der Waals surface area contributed by atoms with Gasteiger partial charge in [0.25, 0.3) is 5.91 Å². The number of hydrogen-bond acceptors (Lipinski definition) is 5. The molecule has 1 atom stereocenters. The highest BCUT2D eigenvalue weighted by Gasteiger charge is 2.48. The van der Waals surface area contributed by atoms with Gasteiger partial charge in [0.05, 0.1) is 13.2 Å². The molecule has 0 radical (unpaired) electrons. The first kappa shape index (κ1) is 19.5. The molecule has 0 bridgehead atoms. The molecule has 4 aliphatic rings. The van der Waals surface area contributed by atoms with Crippen molar-refractivity contribution in [3.8, 4) is 5.75 Å². The minimum atomic E-state index is -0.594. The van der Waals surface area contributed by atoms with Gasteiger partial charge in [-0.2, -0.15) is 0 Å². The topological polar surface area (TPSA) is 79.0 Å². The molecule has 0 saturated carbocycles. The van der Waals surface area contributed by atoms with Gasteiger partial charge < -0.3 is 9.64 Å². The van der Waals surface area contributed by atoms with E-state index in [4.69, 9.17) is 4.74 Å². The number of hydrogen-bond donors (Lipinski definition) is 1. The molecule has 1 aromatic rings. The van der Waals surface area contributed by atoms with Crippen LogP contribution in [0.4, 0.5) is 0 Å². The summed E-state index contributed by atoms with van der Waals surface area (Å²) in [7, 11) is 0. The van der Waals surface area contributed by atoms with Gasteiger partial charge in [0.15, 0.2) is 0 Å². The number of likely N-dealkylation sites (tertiary alicyclic amines) is 1. The normalized spacial score (nSPS) is 25.9. The second-order valence-corrected chi connectivity index (χ2v) is 10.1. The molecule has 2 saturated heterocycles. The van der Waals surface area contributed by atoms with Crippen LogP contribution in [0.5, 0.6) is 5.75 Å². The predicted octanol–water partition coefficient (Wildman–Crippen LogP) is 1.97. The molecule has 4 aliphatic heterocycles. The third-order valence-electron chi connectivity index (χ3n) is 7.40. The van der Waals surface area contributed by atoms with Crippen LogP contribution < -0.4 is 10.1 Å². The third kappa shape index (κ3) is 2.86. The fourth-order valence-corrected chi connectivity index (χ4v) is 5.50. The lowest BCUT2D eigenvalue weighted by molar-refractivity contribution is -0.136. The maximum atomic E-state index is 13.0. The quantitative estimate of drug-likeness (QED) is 0.715. The van der Waals surface area contributed by atoms with Crippen LogP contribution in [0.3, 0.4) is 0 Å². The Kier molecular flexibility index (Phi) is 4.26. The Morgan fingerprint density at radius 2 is 1.87 bits per heavy atom. The molecule has 0 aromatic heterocycles. The van der Waals surface area contributed by atoms with Crippen molar-refractivity contribution in [2.75, 3.05) is 19.7 Å². The van der Waals surface area contributed by atoms with E-state index in [0.717, 1.165) is 37.2 Å². The van der Waals surface area contributed by atoms with Gasteiger partial charge >= 0.3 is 0 Å². The number of fused-ring (bicyclic) bond motifs is 4. The molecule has 3 amide bonds. The van der Waals surface area contributed by atoms with Crippen molar-refractivity contribution >= 4 is 17.7 Å². The Balaban J connectivity index is 1.41. The number of piperidine rings is 2. The van der Waals surface area contributed by atoms with Gasteiger partial charge in [-0.15, -0.1) is 0 Å². The van der Waals surface area contributed by atoms with E-state index >= 15 is 0 Å². The smallest absolute Gasteiger partial charge is 0.255 e. The number of carbonyl (C=O) groups is 3. The molecule has 1 spiro atoms. The summed E-state index contributed by atoms with van der Waals surface area (Å²) in [5, 5.41) is 2.36. The molecule has 1 aromatic carbocycles. The van der Waals surface area contributed by atoms with Crippen molar-refractivity contribution in [2.24, 2.45) is 0 Å². The van der Waals surface area contributed by atoms with Gasteiger partial charge in [0, 0.05) is 34.1 Å². The summed E-state index contributed by atoms with van der Waals surface area (Å²) in [6.07, 6.45) is 2.72. The van der Waals surface area contributed by atoms with Crippen molar-refractivity contribution < 1.29 is 19.1 Å². The fraction of sp³-hybridized carbons (Fsp3) is 0.609. The maximum Gasteiger partial charge on any atom is 0.255 e. The standard InChI is InChI=1S/C23H29N3O4/c1-22(2,3)25-10-8-23(9-11-25)13-30-19-15-12-26(17-6-7-18(27)24-20(17)28)21(29)14(15)4-5-16(19)23/h4-5,17H,6-13H2,1-3H3,(H,24,27,28)/t17-/m0/s1. The Hall–Kier alpha value is -2.41. The van der Waals surface area contributed by atoms with E-state index in [1.807, 2.05) is 6.07 Å². The summed E-state index contributed by atoms with van der Waals surface area (Å²) in [5.41, 5.74) is 2.92. The number of ether oxygens (including phenoxy) is 1. The average molecular weight is 412 g/mol. The van der Waals surface area contributed by atoms with E-state index in [0.29, 0.717) is 25.1 Å². The van der Waals surface area contributed by atoms with Gasteiger partial charge in [0.1, 0.15) is 11.8 Å². The number of nitrogens with one attached hydrogen (secondary N) is 1. The van der Waals surface area contributed by atoms with Crippen molar-refractivity contribution in [1.29, 1.82) is 0 Å². The summed E-state index contributed by atoms with van der Waals surface area (Å²) in [4.78, 5) is 41.0. The highest BCUT2D eigenvalue weighted by Crippen LogP contribution is 2.50. The van der Waals surface area contributed by atoms with Crippen molar-refractivity contribution in [2.45, 2.75) is 70.0 Å². The van der Waals surface area contributed by atoms with Crippen LogP contribution in [0.2, 0.25) is 0 Å². The first-order chi connectivity index (χ1) is 14.2. The minimum Gasteiger partial charge on any atom is -0.492 e. The van der Waals surface area contributed by atoms with Gasteiger partial charge in [-0.3, -0.25) is 24.6 Å². The molecule has 1 N–H and O–H groups in total. The summed E-state index contributed by atoms with van der Waals surface area (Å²) in [6.45, 7) is 9.86. The molecule has 0 unspecified atom stereocenters. The van der Waals surface area contributed by atoms with Crippen molar-refractivity contribution in [1.82, 2.24) is 15.1 Å². The molecule has 160 valence electrons. The second kappa shape index (κ2) is 6.54. The largest absolute Gasteiger partial charge is 0.492 e. The first-order valence-corrected chi connectivity index (χ1v) is 10.9. The first-order valence-electron chi connectivity index (χ1n) is 10.9. The Bertz CT molecular complexity index is 941. The number of amides is 3. The zero-order valence-corrected chi connectivity index (χ0v) is 17.9. The average Bonchev–Trinajstić information content (AvgIpc) is 3.20. The van der Waals surface area contributed by atoms with Crippen molar-refractivity contribution in [3.63, 3.8) is 0 Å². The maximum absolute atomic E-state index is 13.0. The van der Waals surface area contributed by atoms with Crippen LogP contribution in [0.15, 0.2) is 12.1 Å². The number of imide groups is 1. The number of nitrogens with zero attached hydrogens (tertiary/aromatic N) is 2. The van der Waals surface area contributed by atoms with E-state index in [-0.39, 0.29) is 35.1 Å². The SMILES string of the molecule is CC(C)(C)N1CCC2(CC1)COc1c2ccc2c1CN([C@H]1CCC(=O)NC1=O)C2=O. The minimum absolute atomic E-state index is 0.0111. The summed E-state index contributed by atoms with van der Waals surface area (Å²) >= 11 is 0. The summed E-state index contributed by atoms with van der Waals surface area (Å²) < 4.78 is 6.23. The van der Waals surface area contributed by atoms with Crippen LogP contribution in [-0.2, 0) is 21.5 Å². The van der Waals surface area contributed by atoms with Crippen LogP contribution in [0.25, 0.3) is 0 Å². The number of carbonyl (C=O) groups excluding carboxylic acids is 3. The van der Waals surface area contributed by atoms with Gasteiger partial charge in [-0.1, -0.05) is 6.07 Å². The zero-order valence-electron chi connectivity index (χ0n) is 17.9. The molecule has 7 nitrogen and oxygen atoms in total.